The first-order chi connectivity index (χ1) is 12.9. The van der Waals surface area contributed by atoms with E-state index in [4.69, 9.17) is 4.74 Å². The van der Waals surface area contributed by atoms with E-state index >= 15 is 0 Å². The number of carbonyl (C=O) groups is 1. The number of nitrogens with zero attached hydrogens (tertiary/aromatic N) is 2. The van der Waals surface area contributed by atoms with Gasteiger partial charge in [-0.1, -0.05) is 25.1 Å². The van der Waals surface area contributed by atoms with E-state index in [0.717, 1.165) is 0 Å². The van der Waals surface area contributed by atoms with Gasteiger partial charge in [-0.2, -0.15) is 0 Å². The molecule has 9 heteroatoms. The van der Waals surface area contributed by atoms with Crippen molar-refractivity contribution >= 4 is 45.7 Å². The zero-order valence-electron chi connectivity index (χ0n) is 16.6. The summed E-state index contributed by atoms with van der Waals surface area (Å²) in [5, 5.41) is 3.23. The number of likely N-dealkylation sites (tertiary alicyclic amines) is 1. The maximum Gasteiger partial charge on any atom is 0.310 e. The van der Waals surface area contributed by atoms with Crippen LogP contribution in [0.3, 0.4) is 0 Å². The monoisotopic (exact) mass is 523 g/mol. The minimum absolute atomic E-state index is 0. The van der Waals surface area contributed by atoms with Crippen molar-refractivity contribution in [3.63, 3.8) is 0 Å². The topological polar surface area (TPSA) is 88.1 Å². The first-order valence-corrected chi connectivity index (χ1v) is 10.9. The highest BCUT2D eigenvalue weighted by atomic mass is 127. The van der Waals surface area contributed by atoms with Crippen LogP contribution in [0, 0.1) is 11.8 Å². The number of guanidine groups is 1. The van der Waals surface area contributed by atoms with E-state index in [1.54, 1.807) is 30.3 Å². The summed E-state index contributed by atoms with van der Waals surface area (Å²) in [5.74, 6) is 0.584. The first-order valence-electron chi connectivity index (χ1n) is 9.28. The Kier molecular flexibility index (Phi) is 10.2. The number of hydrogen-bond acceptors (Lipinski definition) is 5. The molecule has 1 aliphatic heterocycles. The number of esters is 1. The molecule has 0 amide bonds. The minimum atomic E-state index is -3.29. The molecule has 1 N–H and O–H groups in total. The van der Waals surface area contributed by atoms with Crippen molar-refractivity contribution in [1.82, 2.24) is 10.2 Å². The van der Waals surface area contributed by atoms with Crippen molar-refractivity contribution in [3.05, 3.63) is 30.3 Å². The van der Waals surface area contributed by atoms with Gasteiger partial charge in [-0.25, -0.2) is 8.42 Å². The predicted octanol–water partition coefficient (Wildman–Crippen LogP) is 2.17. The minimum Gasteiger partial charge on any atom is -0.469 e. The van der Waals surface area contributed by atoms with E-state index < -0.39 is 9.84 Å². The van der Waals surface area contributed by atoms with Crippen molar-refractivity contribution in [2.24, 2.45) is 16.8 Å². The Morgan fingerprint density at radius 3 is 2.57 bits per heavy atom. The van der Waals surface area contributed by atoms with Gasteiger partial charge in [0, 0.05) is 26.2 Å². The summed E-state index contributed by atoms with van der Waals surface area (Å²) < 4.78 is 29.5. The average molecular weight is 523 g/mol. The molecule has 0 radical (unpaired) electrons. The molecule has 1 aromatic carbocycles. The fraction of sp³-hybridized carbons (Fsp3) is 0.579. The lowest BCUT2D eigenvalue weighted by Crippen LogP contribution is -2.40. The molecule has 1 fully saturated rings. The van der Waals surface area contributed by atoms with Gasteiger partial charge >= 0.3 is 5.97 Å². The van der Waals surface area contributed by atoms with Crippen molar-refractivity contribution in [3.8, 4) is 0 Å². The molecular weight excluding hydrogens is 493 g/mol. The van der Waals surface area contributed by atoms with Gasteiger partial charge in [0.1, 0.15) is 0 Å². The average Bonchev–Trinajstić information content (AvgIpc) is 3.06. The van der Waals surface area contributed by atoms with Crippen molar-refractivity contribution in [1.29, 1.82) is 0 Å². The van der Waals surface area contributed by atoms with E-state index in [2.05, 4.69) is 10.3 Å². The van der Waals surface area contributed by atoms with Gasteiger partial charge in [-0.15, -0.1) is 24.0 Å². The number of ether oxygens (including phenoxy) is 1. The standard InChI is InChI=1S/C19H29N3O4S.HI/c1-4-20-19(22-13-15(2)17(14-22)18(23)26-3)21-11-8-12-27(24,25)16-9-6-5-7-10-16;/h5-7,9-10,15,17H,4,8,11-14H2,1-3H3,(H,20,21);1H. The molecule has 28 heavy (non-hydrogen) atoms. The zero-order valence-corrected chi connectivity index (χ0v) is 19.8. The number of halogens is 1. The molecule has 7 nitrogen and oxygen atoms in total. The third-order valence-corrected chi connectivity index (χ3v) is 6.50. The molecule has 2 unspecified atom stereocenters. The zero-order chi connectivity index (χ0) is 19.9. The number of nitrogens with one attached hydrogen (secondary N) is 1. The highest BCUT2D eigenvalue weighted by Gasteiger charge is 2.36. The van der Waals surface area contributed by atoms with Gasteiger partial charge in [0.2, 0.25) is 0 Å². The van der Waals surface area contributed by atoms with Crippen LogP contribution in [-0.4, -0.2) is 64.3 Å². The van der Waals surface area contributed by atoms with Crippen molar-refractivity contribution < 1.29 is 17.9 Å². The van der Waals surface area contributed by atoms with E-state index in [1.165, 1.54) is 7.11 Å². The van der Waals surface area contributed by atoms with Crippen LogP contribution < -0.4 is 5.32 Å². The lowest BCUT2D eigenvalue weighted by molar-refractivity contribution is -0.145. The van der Waals surface area contributed by atoms with Crippen LogP contribution in [0.15, 0.2) is 40.2 Å². The summed E-state index contributed by atoms with van der Waals surface area (Å²) in [6.07, 6.45) is 0.440. The lowest BCUT2D eigenvalue weighted by atomic mass is 9.99. The number of hydrogen-bond donors (Lipinski definition) is 1. The Hall–Kier alpha value is -1.36. The molecule has 158 valence electrons. The molecule has 2 atom stereocenters. The molecule has 0 bridgehead atoms. The number of aliphatic imine (C=N–C) groups is 1. The lowest BCUT2D eigenvalue weighted by Gasteiger charge is -2.21. The second-order valence-corrected chi connectivity index (χ2v) is 8.84. The summed E-state index contributed by atoms with van der Waals surface area (Å²) in [4.78, 5) is 18.8. The summed E-state index contributed by atoms with van der Waals surface area (Å²) in [5.41, 5.74) is 0. The van der Waals surface area contributed by atoms with E-state index in [9.17, 15) is 13.2 Å². The molecule has 2 rings (SSSR count). The normalized spacial score (nSPS) is 19.8. The van der Waals surface area contributed by atoms with Gasteiger partial charge < -0.3 is 15.0 Å². The third kappa shape index (κ3) is 6.61. The largest absolute Gasteiger partial charge is 0.469 e. The highest BCUT2D eigenvalue weighted by Crippen LogP contribution is 2.24. The fourth-order valence-corrected chi connectivity index (χ4v) is 4.53. The molecule has 0 saturated carbocycles. The van der Waals surface area contributed by atoms with Crippen LogP contribution in [0.5, 0.6) is 0 Å². The quantitative estimate of drug-likeness (QED) is 0.194. The molecule has 0 aromatic heterocycles. The molecule has 1 heterocycles. The van der Waals surface area contributed by atoms with Crippen LogP contribution in [-0.2, 0) is 19.4 Å². The highest BCUT2D eigenvalue weighted by molar-refractivity contribution is 14.0. The molecule has 1 aliphatic rings. The van der Waals surface area contributed by atoms with Gasteiger partial charge in [0.05, 0.1) is 23.7 Å². The Labute approximate surface area is 184 Å². The SMILES string of the molecule is CCNC(=NCCCS(=O)(=O)c1ccccc1)N1CC(C)C(C(=O)OC)C1.I. The molecule has 1 aromatic rings. The van der Waals surface area contributed by atoms with Crippen LogP contribution in [0.25, 0.3) is 0 Å². The second kappa shape index (κ2) is 11.6. The maximum atomic E-state index is 12.3. The summed E-state index contributed by atoms with van der Waals surface area (Å²) in [6.45, 7) is 6.39. The summed E-state index contributed by atoms with van der Waals surface area (Å²) in [7, 11) is -1.88. The number of carbonyl (C=O) groups excluding carboxylic acids is 1. The van der Waals surface area contributed by atoms with Crippen molar-refractivity contribution in [2.75, 3.05) is 39.0 Å². The Bertz CT molecular complexity index is 756. The summed E-state index contributed by atoms with van der Waals surface area (Å²) in [6, 6.07) is 8.47. The third-order valence-electron chi connectivity index (χ3n) is 4.69. The van der Waals surface area contributed by atoms with E-state index in [-0.39, 0.29) is 47.5 Å². The molecule has 0 aliphatic carbocycles. The van der Waals surface area contributed by atoms with Crippen molar-refractivity contribution in [2.45, 2.75) is 25.2 Å². The molecular formula is C19H30IN3O4S. The van der Waals surface area contributed by atoms with E-state index in [1.807, 2.05) is 18.7 Å². The Morgan fingerprint density at radius 2 is 1.96 bits per heavy atom. The number of rotatable bonds is 7. The number of benzene rings is 1. The number of sulfone groups is 1. The van der Waals surface area contributed by atoms with Gasteiger partial charge in [-0.05, 0) is 31.4 Å². The maximum absolute atomic E-state index is 12.3. The second-order valence-electron chi connectivity index (χ2n) is 6.73. The smallest absolute Gasteiger partial charge is 0.310 e. The Balaban J connectivity index is 0.00000392. The molecule has 1 saturated heterocycles. The van der Waals surface area contributed by atoms with Crippen LogP contribution in [0.2, 0.25) is 0 Å². The fourth-order valence-electron chi connectivity index (χ4n) is 3.21. The molecule has 0 spiro atoms. The first kappa shape index (κ1) is 24.7. The predicted molar refractivity (Wildman–Crippen MR) is 121 cm³/mol. The van der Waals surface area contributed by atoms with Crippen LogP contribution in [0.4, 0.5) is 0 Å². The van der Waals surface area contributed by atoms with Crippen LogP contribution in [0.1, 0.15) is 20.3 Å². The number of methoxy groups -OCH3 is 1. The summed E-state index contributed by atoms with van der Waals surface area (Å²) >= 11 is 0. The van der Waals surface area contributed by atoms with Gasteiger partial charge in [-0.3, -0.25) is 9.79 Å². The van der Waals surface area contributed by atoms with Crippen LogP contribution >= 0.6 is 24.0 Å². The van der Waals surface area contributed by atoms with Gasteiger partial charge in [0.25, 0.3) is 0 Å². The Morgan fingerprint density at radius 1 is 1.29 bits per heavy atom. The van der Waals surface area contributed by atoms with E-state index in [0.29, 0.717) is 43.5 Å². The van der Waals surface area contributed by atoms with Gasteiger partial charge in [0.15, 0.2) is 15.8 Å².